The van der Waals surface area contributed by atoms with Crippen LogP contribution >= 0.6 is 0 Å². The molecule has 0 saturated heterocycles. The summed E-state index contributed by atoms with van der Waals surface area (Å²) >= 11 is 0. The van der Waals surface area contributed by atoms with Gasteiger partial charge in [0.05, 0.1) is 25.3 Å². The molecule has 0 aliphatic carbocycles. The van der Waals surface area contributed by atoms with Crippen LogP contribution in [0.4, 0.5) is 9.59 Å². The molecule has 0 aliphatic rings. The first-order valence-electron chi connectivity index (χ1n) is 17.5. The van der Waals surface area contributed by atoms with Gasteiger partial charge in [0.15, 0.2) is 0 Å². The van der Waals surface area contributed by atoms with Gasteiger partial charge < -0.3 is 25.2 Å². The van der Waals surface area contributed by atoms with Gasteiger partial charge in [0, 0.05) is 0 Å². The molecule has 276 valence electrons. The van der Waals surface area contributed by atoms with Crippen LogP contribution in [0.25, 0.3) is 11.1 Å². The van der Waals surface area contributed by atoms with E-state index in [1.165, 1.54) is 12.5 Å². The van der Waals surface area contributed by atoms with Crippen molar-refractivity contribution in [2.24, 2.45) is 11.8 Å². The number of ether oxygens (including phenoxy) is 2. The lowest BCUT2D eigenvalue weighted by atomic mass is 9.80. The van der Waals surface area contributed by atoms with E-state index in [2.05, 4.69) is 10.6 Å². The van der Waals surface area contributed by atoms with Crippen molar-refractivity contribution in [3.63, 3.8) is 0 Å². The van der Waals surface area contributed by atoms with Gasteiger partial charge in [-0.3, -0.25) is 19.9 Å². The van der Waals surface area contributed by atoms with Crippen LogP contribution in [-0.2, 0) is 32.0 Å². The molecular weight excluding hydrogens is 650 g/mol. The number of aryl methyl sites for hydroxylation is 1. The van der Waals surface area contributed by atoms with Crippen LogP contribution < -0.4 is 21.9 Å². The normalized spacial score (nSPS) is 14.0. The zero-order valence-electron chi connectivity index (χ0n) is 30.3. The topological polar surface area (TPSA) is 172 Å². The molecule has 0 unspecified atom stereocenters. The fraction of sp³-hybridized carbons (Fsp3) is 0.436. The quantitative estimate of drug-likeness (QED) is 0.0383. The third-order valence-corrected chi connectivity index (χ3v) is 8.91. The highest BCUT2D eigenvalue weighted by Gasteiger charge is 2.60. The van der Waals surface area contributed by atoms with Crippen molar-refractivity contribution in [3.05, 3.63) is 96.1 Å². The van der Waals surface area contributed by atoms with Crippen LogP contribution in [0, 0.1) is 5.92 Å². The molecule has 0 radical (unpaired) electrons. The molecule has 6 N–H and O–H groups in total. The van der Waals surface area contributed by atoms with Gasteiger partial charge in [-0.2, -0.15) is 0 Å². The molecule has 0 aliphatic heterocycles. The van der Waals surface area contributed by atoms with Crippen LogP contribution in [0.1, 0.15) is 71.4 Å². The van der Waals surface area contributed by atoms with Gasteiger partial charge in [0.1, 0.15) is 6.04 Å². The lowest BCUT2D eigenvalue weighted by molar-refractivity contribution is -0.184. The van der Waals surface area contributed by atoms with Crippen LogP contribution in [-0.4, -0.2) is 64.5 Å². The van der Waals surface area contributed by atoms with Gasteiger partial charge in [-0.15, -0.1) is 0 Å². The number of unbranched alkanes of at least 4 members (excludes halogenated alkanes) is 2. The molecule has 0 bridgehead atoms. The maximum Gasteiger partial charge on any atom is 0.412 e. The zero-order chi connectivity index (χ0) is 37.4. The Morgan fingerprint density at radius 3 is 2.06 bits per heavy atom. The number of carbonyl (C=O) groups is 4. The number of alkyl carbamates (subject to hydrolysis) is 1. The molecule has 4 amide bonds. The largest absolute Gasteiger partial charge is 0.450 e. The van der Waals surface area contributed by atoms with Crippen molar-refractivity contribution in [3.8, 4) is 11.1 Å². The van der Waals surface area contributed by atoms with Crippen molar-refractivity contribution in [2.45, 2.75) is 90.6 Å². The maximum absolute atomic E-state index is 14.1. The number of amides is 4. The van der Waals surface area contributed by atoms with Gasteiger partial charge in [-0.05, 0) is 68.2 Å². The van der Waals surface area contributed by atoms with Crippen molar-refractivity contribution >= 4 is 24.0 Å². The molecule has 0 saturated carbocycles. The van der Waals surface area contributed by atoms with Crippen molar-refractivity contribution < 1.29 is 33.8 Å². The van der Waals surface area contributed by atoms with E-state index in [1.54, 1.807) is 39.8 Å². The SMILES string of the molecule is CCOC(=O)N[C@H](C(=O)N[C@@](C)(CCCCCc1ccccc1)[C@](O)(C(=O)NN)N(Cc1ccccc1-c1ccccc1)C(=O)OCC)C(C)C. The van der Waals surface area contributed by atoms with E-state index in [1.807, 2.05) is 78.2 Å². The molecule has 3 atom stereocenters. The summed E-state index contributed by atoms with van der Waals surface area (Å²) < 4.78 is 10.5. The number of hydrazine groups is 1. The van der Waals surface area contributed by atoms with Crippen LogP contribution in [0.2, 0.25) is 0 Å². The molecule has 51 heavy (non-hydrogen) atoms. The maximum atomic E-state index is 14.1. The molecule has 3 aromatic rings. The van der Waals surface area contributed by atoms with Crippen molar-refractivity contribution in [2.75, 3.05) is 13.2 Å². The molecule has 0 spiro atoms. The van der Waals surface area contributed by atoms with Gasteiger partial charge in [0.2, 0.25) is 11.6 Å². The van der Waals surface area contributed by atoms with Crippen LogP contribution in [0.3, 0.4) is 0 Å². The predicted octanol–water partition coefficient (Wildman–Crippen LogP) is 5.44. The van der Waals surface area contributed by atoms with Crippen molar-refractivity contribution in [1.82, 2.24) is 21.0 Å². The minimum Gasteiger partial charge on any atom is -0.450 e. The number of nitrogens with two attached hydrogens (primary N) is 1. The molecule has 3 aromatic carbocycles. The summed E-state index contributed by atoms with van der Waals surface area (Å²) in [6.07, 6.45) is 0.959. The van der Waals surface area contributed by atoms with E-state index in [9.17, 15) is 24.3 Å². The van der Waals surface area contributed by atoms with E-state index in [-0.39, 0.29) is 26.2 Å². The second kappa shape index (κ2) is 19.5. The Bertz CT molecular complexity index is 1570. The van der Waals surface area contributed by atoms with Gasteiger partial charge in [0.25, 0.3) is 5.91 Å². The van der Waals surface area contributed by atoms with E-state index in [0.717, 1.165) is 28.9 Å². The van der Waals surface area contributed by atoms with E-state index in [4.69, 9.17) is 15.3 Å². The smallest absolute Gasteiger partial charge is 0.412 e. The van der Waals surface area contributed by atoms with Crippen molar-refractivity contribution in [1.29, 1.82) is 0 Å². The Kier molecular flexibility index (Phi) is 15.4. The molecular formula is C39H53N5O7. The van der Waals surface area contributed by atoms with Crippen LogP contribution in [0.5, 0.6) is 0 Å². The summed E-state index contributed by atoms with van der Waals surface area (Å²) in [5, 5.41) is 18.3. The fourth-order valence-electron chi connectivity index (χ4n) is 6.15. The highest BCUT2D eigenvalue weighted by Crippen LogP contribution is 2.36. The third kappa shape index (κ3) is 10.5. The minimum atomic E-state index is -2.79. The van der Waals surface area contributed by atoms with Crippen LogP contribution in [0.15, 0.2) is 84.9 Å². The average molecular weight is 704 g/mol. The first-order valence-corrected chi connectivity index (χ1v) is 17.5. The van der Waals surface area contributed by atoms with E-state index >= 15 is 0 Å². The molecule has 0 aromatic heterocycles. The fourth-order valence-corrected chi connectivity index (χ4v) is 6.15. The number of nitrogens with zero attached hydrogens (tertiary/aromatic N) is 1. The average Bonchev–Trinajstić information content (AvgIpc) is 3.13. The predicted molar refractivity (Wildman–Crippen MR) is 196 cm³/mol. The summed E-state index contributed by atoms with van der Waals surface area (Å²) in [6, 6.07) is 25.6. The summed E-state index contributed by atoms with van der Waals surface area (Å²) in [6.45, 7) is 7.97. The number of nitrogens with one attached hydrogen (secondary N) is 3. The summed E-state index contributed by atoms with van der Waals surface area (Å²) in [5.41, 5.74) is 0.757. The second-order valence-corrected chi connectivity index (χ2v) is 12.9. The number of hydrogen-bond acceptors (Lipinski definition) is 8. The highest BCUT2D eigenvalue weighted by atomic mass is 16.6. The zero-order valence-corrected chi connectivity index (χ0v) is 30.3. The number of rotatable bonds is 18. The highest BCUT2D eigenvalue weighted by molar-refractivity contribution is 5.92. The van der Waals surface area contributed by atoms with Gasteiger partial charge >= 0.3 is 12.2 Å². The molecule has 3 rings (SSSR count). The third-order valence-electron chi connectivity index (χ3n) is 8.91. The molecule has 0 heterocycles. The number of carbonyl (C=O) groups excluding carboxylic acids is 4. The Balaban J connectivity index is 2.12. The van der Waals surface area contributed by atoms with E-state index < -0.39 is 47.2 Å². The molecule has 12 heteroatoms. The van der Waals surface area contributed by atoms with E-state index in [0.29, 0.717) is 18.4 Å². The molecule has 12 nitrogen and oxygen atoms in total. The Morgan fingerprint density at radius 2 is 1.45 bits per heavy atom. The minimum absolute atomic E-state index is 0.0396. The Hall–Kier alpha value is -4.94. The van der Waals surface area contributed by atoms with Gasteiger partial charge in [-0.25, -0.2) is 15.4 Å². The Labute approximate surface area is 301 Å². The second-order valence-electron chi connectivity index (χ2n) is 12.9. The summed E-state index contributed by atoms with van der Waals surface area (Å²) in [7, 11) is 0. The standard InChI is InChI=1S/C39H53N5O7/c1-6-50-36(47)41-33(28(3)4)34(45)42-38(5,26-18-10-13-21-29-19-11-8-12-20-29)39(49,35(46)43-40)44(37(48)51-7-2)27-31-24-16-17-25-32(31)30-22-14-9-15-23-30/h8-9,11-12,14-17,19-20,22-25,28,33,49H,6-7,10,13,18,21,26-27,40H2,1-5H3,(H,41,47)(H,42,45)(H,43,46)/t33-,38-,39+/m0/s1. The lowest BCUT2D eigenvalue weighted by Gasteiger charge is -2.49. The Morgan fingerprint density at radius 1 is 0.843 bits per heavy atom. The summed E-state index contributed by atoms with van der Waals surface area (Å²) in [5.74, 6) is 3.49. The summed E-state index contributed by atoms with van der Waals surface area (Å²) in [4.78, 5) is 55.4. The lowest BCUT2D eigenvalue weighted by Crippen LogP contribution is -2.77. The number of benzene rings is 3. The number of aliphatic hydroxyl groups is 1. The first kappa shape index (κ1) is 40.5. The number of hydrogen-bond donors (Lipinski definition) is 5. The van der Waals surface area contributed by atoms with Gasteiger partial charge in [-0.1, -0.05) is 112 Å². The molecule has 0 fully saturated rings. The monoisotopic (exact) mass is 703 g/mol. The first-order chi connectivity index (χ1) is 24.4.